The minimum absolute atomic E-state index is 0. The van der Waals surface area contributed by atoms with Gasteiger partial charge in [0, 0.05) is 0 Å². The Morgan fingerprint density at radius 3 is 1.47 bits per heavy atom. The van der Waals surface area contributed by atoms with Crippen LogP contribution in [0.15, 0.2) is 76.3 Å². The molecule has 10 nitrogen and oxygen atoms in total. The van der Waals surface area contributed by atoms with Crippen LogP contribution in [0.5, 0.6) is 0 Å². The molecule has 0 N–H and O–H groups in total. The number of nitrogens with zero attached hydrogens (tertiary/aromatic N) is 10. The number of hydrogen-bond donors (Lipinski definition) is 0. The van der Waals surface area contributed by atoms with E-state index < -0.39 is 0 Å². The van der Waals surface area contributed by atoms with Crippen molar-refractivity contribution in [2.75, 3.05) is 0 Å². The van der Waals surface area contributed by atoms with E-state index in [1.807, 2.05) is 0 Å². The Morgan fingerprint density at radius 1 is 0.529 bits per heavy atom. The molecule has 11 heteroatoms. The van der Waals surface area contributed by atoms with Crippen LogP contribution < -0.4 is 0 Å². The monoisotopic (exact) mass is 254 g/mol. The maximum absolute atomic E-state index is 3.42. The number of hydrogen-bond acceptors (Lipinski definition) is 10. The molecule has 2 heterocycles. The molecule has 88 valence electrons. The summed E-state index contributed by atoms with van der Waals surface area (Å²) >= 11 is 0. The molecule has 2 aliphatic rings. The second kappa shape index (κ2) is 11.6. The van der Waals surface area contributed by atoms with Gasteiger partial charge in [0.2, 0.25) is 0 Å². The van der Waals surface area contributed by atoms with Crippen molar-refractivity contribution in [1.82, 2.24) is 0 Å². The molecule has 0 radical (unpaired) electrons. The third-order valence-electron chi connectivity index (χ3n) is 0.977. The summed E-state index contributed by atoms with van der Waals surface area (Å²) in [5.74, 6) is 0. The minimum atomic E-state index is 0. The number of halogens is 1. The van der Waals surface area contributed by atoms with Crippen LogP contribution in [-0.4, -0.2) is 12.4 Å². The summed E-state index contributed by atoms with van der Waals surface area (Å²) in [6, 6.07) is 0. The Hall–Kier alpha value is -2.49. The normalized spacial score (nSPS) is 15.1. The largest absolute Gasteiger partial charge is 0.147 e. The SMILES string of the molecule is C1=CN=NN=NN=C1.C1=CN=NN=NN=C1.Cl. The lowest BCUT2D eigenvalue weighted by Gasteiger charge is -1.74. The Kier molecular flexibility index (Phi) is 9.89. The van der Waals surface area contributed by atoms with Crippen molar-refractivity contribution in [2.24, 2.45) is 51.8 Å². The van der Waals surface area contributed by atoms with Crippen LogP contribution in [-0.2, 0) is 0 Å². The predicted molar refractivity (Wildman–Crippen MR) is 61.9 cm³/mol. The van der Waals surface area contributed by atoms with Gasteiger partial charge in [0.25, 0.3) is 0 Å². The summed E-state index contributed by atoms with van der Waals surface area (Å²) in [5, 5.41) is 32.9. The molecule has 0 unspecified atom stereocenters. The predicted octanol–water partition coefficient (Wildman–Crippen LogP) is 3.06. The Bertz CT molecular complexity index is 263. The fourth-order valence-electron chi connectivity index (χ4n) is 0.478. The topological polar surface area (TPSA) is 124 Å². The fourth-order valence-corrected chi connectivity index (χ4v) is 0.478. The molecule has 17 heavy (non-hydrogen) atoms. The first-order chi connectivity index (χ1) is 8.00. The van der Waals surface area contributed by atoms with Crippen molar-refractivity contribution >= 4 is 24.8 Å². The molecule has 0 aliphatic carbocycles. The highest BCUT2D eigenvalue weighted by Crippen LogP contribution is 1.86. The molecule has 0 fully saturated rings. The third-order valence-corrected chi connectivity index (χ3v) is 0.977. The van der Waals surface area contributed by atoms with E-state index in [2.05, 4.69) is 51.8 Å². The first-order valence-electron chi connectivity index (χ1n) is 3.97. The van der Waals surface area contributed by atoms with Gasteiger partial charge in [0.15, 0.2) is 0 Å². The average Bonchev–Trinajstić information content (AvgIpc) is 2.15. The molecule has 0 aromatic carbocycles. The van der Waals surface area contributed by atoms with Gasteiger partial charge >= 0.3 is 0 Å². The molecular weight excluding hydrogens is 248 g/mol. The van der Waals surface area contributed by atoms with Crippen molar-refractivity contribution in [3.8, 4) is 0 Å². The summed E-state index contributed by atoms with van der Waals surface area (Å²) in [4.78, 5) is 0. The van der Waals surface area contributed by atoms with Crippen molar-refractivity contribution < 1.29 is 0 Å². The zero-order valence-electron chi connectivity index (χ0n) is 8.34. The maximum atomic E-state index is 3.42. The van der Waals surface area contributed by atoms with Gasteiger partial charge in [-0.2, -0.15) is 0 Å². The first kappa shape index (κ1) is 14.5. The Morgan fingerprint density at radius 2 is 1.00 bits per heavy atom. The maximum Gasteiger partial charge on any atom is 0.0530 e. The van der Waals surface area contributed by atoms with Gasteiger partial charge < -0.3 is 0 Å². The highest BCUT2D eigenvalue weighted by Gasteiger charge is 1.69. The van der Waals surface area contributed by atoms with E-state index in [1.54, 1.807) is 12.2 Å². The van der Waals surface area contributed by atoms with Gasteiger partial charge in [-0.15, -0.1) is 32.8 Å². The van der Waals surface area contributed by atoms with Gasteiger partial charge in [-0.25, -0.2) is 0 Å². The lowest BCUT2D eigenvalue weighted by atomic mass is 10.7. The molecule has 0 aromatic rings. The molecule has 0 bridgehead atoms. The quantitative estimate of drug-likeness (QED) is 0.630. The summed E-state index contributed by atoms with van der Waals surface area (Å²) in [5.41, 5.74) is 0. The van der Waals surface area contributed by atoms with E-state index in [1.165, 1.54) is 24.8 Å². The second-order valence-electron chi connectivity index (χ2n) is 1.98. The van der Waals surface area contributed by atoms with Crippen molar-refractivity contribution in [1.29, 1.82) is 0 Å². The number of allylic oxidation sites excluding steroid dienone is 2. The van der Waals surface area contributed by atoms with Crippen LogP contribution >= 0.6 is 12.4 Å². The second-order valence-corrected chi connectivity index (χ2v) is 1.98. The highest BCUT2D eigenvalue weighted by atomic mass is 35.5. The fraction of sp³-hybridized carbons (Fsp3) is 0. The van der Waals surface area contributed by atoms with E-state index in [0.717, 1.165) is 0 Å². The zero-order valence-corrected chi connectivity index (χ0v) is 9.16. The summed E-state index contributed by atoms with van der Waals surface area (Å²) < 4.78 is 0. The standard InChI is InChI=1S/2C3H3N5.ClH/c2*1-2-4-6-8-7-5-3-1;/h2*1-3H;1H. The lowest BCUT2D eigenvalue weighted by Crippen LogP contribution is -1.62. The van der Waals surface area contributed by atoms with Crippen molar-refractivity contribution in [3.05, 3.63) is 24.6 Å². The summed E-state index contributed by atoms with van der Waals surface area (Å²) in [7, 11) is 0. The lowest BCUT2D eigenvalue weighted by molar-refractivity contribution is 0.891. The molecule has 0 saturated heterocycles. The molecular formula is C6H7ClN10. The van der Waals surface area contributed by atoms with Gasteiger partial charge in [-0.3, -0.25) is 0 Å². The van der Waals surface area contributed by atoms with Crippen molar-refractivity contribution in [3.63, 3.8) is 0 Å². The zero-order chi connectivity index (χ0) is 11.3. The summed E-state index contributed by atoms with van der Waals surface area (Å²) in [6.45, 7) is 0. The van der Waals surface area contributed by atoms with Gasteiger partial charge in [0.05, 0.1) is 24.8 Å². The molecule has 2 aliphatic heterocycles. The van der Waals surface area contributed by atoms with Crippen LogP contribution in [0.4, 0.5) is 0 Å². The van der Waals surface area contributed by atoms with E-state index in [0.29, 0.717) is 0 Å². The molecule has 0 saturated carbocycles. The summed E-state index contributed by atoms with van der Waals surface area (Å²) in [6.07, 6.45) is 9.12. The van der Waals surface area contributed by atoms with Gasteiger partial charge in [0.1, 0.15) is 0 Å². The Labute approximate surface area is 102 Å². The van der Waals surface area contributed by atoms with Crippen LogP contribution in [0, 0.1) is 0 Å². The Balaban J connectivity index is 0.000000284. The highest BCUT2D eigenvalue weighted by molar-refractivity contribution is 5.85. The van der Waals surface area contributed by atoms with E-state index in [9.17, 15) is 0 Å². The van der Waals surface area contributed by atoms with Gasteiger partial charge in [-0.1, -0.05) is 0 Å². The smallest absolute Gasteiger partial charge is 0.0530 e. The third kappa shape index (κ3) is 9.81. The van der Waals surface area contributed by atoms with E-state index >= 15 is 0 Å². The van der Waals surface area contributed by atoms with Crippen molar-refractivity contribution in [2.45, 2.75) is 0 Å². The van der Waals surface area contributed by atoms with Crippen LogP contribution in [0.2, 0.25) is 0 Å². The molecule has 0 atom stereocenters. The minimum Gasteiger partial charge on any atom is -0.147 e. The van der Waals surface area contributed by atoms with Gasteiger partial charge in [-0.05, 0) is 43.5 Å². The van der Waals surface area contributed by atoms with Crippen LogP contribution in [0.1, 0.15) is 0 Å². The first-order valence-corrected chi connectivity index (χ1v) is 3.97. The van der Waals surface area contributed by atoms with Crippen LogP contribution in [0.3, 0.4) is 0 Å². The molecule has 2 rings (SSSR count). The molecule has 0 spiro atoms. The van der Waals surface area contributed by atoms with E-state index in [-0.39, 0.29) is 12.4 Å². The average molecular weight is 255 g/mol. The molecule has 0 amide bonds. The van der Waals surface area contributed by atoms with E-state index in [4.69, 9.17) is 0 Å². The van der Waals surface area contributed by atoms with Crippen LogP contribution in [0.25, 0.3) is 0 Å². The number of rotatable bonds is 0. The molecule has 0 aromatic heterocycles.